The number of hydrogen-bond acceptors (Lipinski definition) is 3. The van der Waals surface area contributed by atoms with Crippen molar-refractivity contribution in [3.05, 3.63) is 18.0 Å². The van der Waals surface area contributed by atoms with Crippen LogP contribution in [-0.2, 0) is 0 Å². The highest BCUT2D eigenvalue weighted by atomic mass is 15.3. The number of aromatic nitrogens is 2. The molecule has 0 saturated carbocycles. The lowest BCUT2D eigenvalue weighted by Gasteiger charge is -2.05. The van der Waals surface area contributed by atoms with Gasteiger partial charge in [-0.1, -0.05) is 6.92 Å². The molecular formula is C9H14N4. The van der Waals surface area contributed by atoms with E-state index in [1.54, 1.807) is 10.9 Å². The lowest BCUT2D eigenvalue weighted by atomic mass is 10.2. The number of hydrogen-bond donors (Lipinski definition) is 1. The molecule has 0 aliphatic carbocycles. The van der Waals surface area contributed by atoms with Gasteiger partial charge in [0.25, 0.3) is 0 Å². The minimum absolute atomic E-state index is 0.0232. The summed E-state index contributed by atoms with van der Waals surface area (Å²) >= 11 is 0. The van der Waals surface area contributed by atoms with Crippen molar-refractivity contribution in [1.82, 2.24) is 9.78 Å². The van der Waals surface area contributed by atoms with Crippen LogP contribution < -0.4 is 5.73 Å². The molecule has 0 saturated heterocycles. The Morgan fingerprint density at radius 2 is 2.46 bits per heavy atom. The second kappa shape index (κ2) is 4.06. The van der Waals surface area contributed by atoms with Crippen molar-refractivity contribution in [1.29, 1.82) is 5.26 Å². The van der Waals surface area contributed by atoms with E-state index in [-0.39, 0.29) is 12.1 Å². The molecule has 2 N–H and O–H groups in total. The molecule has 1 rings (SSSR count). The second-order valence-corrected chi connectivity index (χ2v) is 3.10. The standard InChI is InChI=1S/C9H14N4/c1-3-9(4-10)13-6-8(5-12-13)7(2)11/h5-7,9H,3,11H2,1-2H3. The van der Waals surface area contributed by atoms with E-state index in [4.69, 9.17) is 11.0 Å². The Kier molecular flexibility index (Phi) is 3.04. The molecule has 1 heterocycles. The van der Waals surface area contributed by atoms with Crippen molar-refractivity contribution in [2.24, 2.45) is 5.73 Å². The molecule has 0 amide bonds. The van der Waals surface area contributed by atoms with E-state index in [2.05, 4.69) is 11.2 Å². The molecule has 0 radical (unpaired) electrons. The van der Waals surface area contributed by atoms with Gasteiger partial charge in [-0.2, -0.15) is 10.4 Å². The number of nitrogens with zero attached hydrogens (tertiary/aromatic N) is 3. The summed E-state index contributed by atoms with van der Waals surface area (Å²) in [5.41, 5.74) is 6.64. The third-order valence-electron chi connectivity index (χ3n) is 2.00. The summed E-state index contributed by atoms with van der Waals surface area (Å²) in [6, 6.07) is 1.98. The maximum Gasteiger partial charge on any atom is 0.138 e. The summed E-state index contributed by atoms with van der Waals surface area (Å²) in [7, 11) is 0. The molecule has 0 spiro atoms. The Morgan fingerprint density at radius 3 is 2.85 bits per heavy atom. The van der Waals surface area contributed by atoms with E-state index < -0.39 is 0 Å². The topological polar surface area (TPSA) is 67.6 Å². The summed E-state index contributed by atoms with van der Waals surface area (Å²) < 4.78 is 1.67. The van der Waals surface area contributed by atoms with E-state index in [1.165, 1.54) is 0 Å². The van der Waals surface area contributed by atoms with Gasteiger partial charge in [0, 0.05) is 17.8 Å². The molecule has 4 nitrogen and oxygen atoms in total. The van der Waals surface area contributed by atoms with E-state index in [1.807, 2.05) is 20.0 Å². The molecular weight excluding hydrogens is 164 g/mol. The Morgan fingerprint density at radius 1 is 1.77 bits per heavy atom. The molecule has 13 heavy (non-hydrogen) atoms. The zero-order chi connectivity index (χ0) is 9.84. The summed E-state index contributed by atoms with van der Waals surface area (Å²) in [6.07, 6.45) is 4.31. The van der Waals surface area contributed by atoms with E-state index in [0.717, 1.165) is 12.0 Å². The van der Waals surface area contributed by atoms with Crippen LogP contribution in [0.1, 0.15) is 37.9 Å². The zero-order valence-corrected chi connectivity index (χ0v) is 7.94. The smallest absolute Gasteiger partial charge is 0.138 e. The predicted octanol–water partition coefficient (Wildman–Crippen LogP) is 1.38. The minimum atomic E-state index is -0.174. The van der Waals surface area contributed by atoms with Gasteiger partial charge in [0.1, 0.15) is 6.04 Å². The Labute approximate surface area is 78.0 Å². The fourth-order valence-electron chi connectivity index (χ4n) is 1.10. The van der Waals surface area contributed by atoms with Crippen molar-refractivity contribution in [2.75, 3.05) is 0 Å². The van der Waals surface area contributed by atoms with Crippen LogP contribution in [0.5, 0.6) is 0 Å². The van der Waals surface area contributed by atoms with Crippen molar-refractivity contribution in [2.45, 2.75) is 32.4 Å². The summed E-state index contributed by atoms with van der Waals surface area (Å²) in [5.74, 6) is 0. The van der Waals surface area contributed by atoms with Crippen LogP contribution in [0.3, 0.4) is 0 Å². The first-order valence-electron chi connectivity index (χ1n) is 4.38. The van der Waals surface area contributed by atoms with Crippen LogP contribution >= 0.6 is 0 Å². The lowest BCUT2D eigenvalue weighted by molar-refractivity contribution is 0.533. The van der Waals surface area contributed by atoms with Crippen LogP contribution in [0.4, 0.5) is 0 Å². The molecule has 1 aromatic rings. The zero-order valence-electron chi connectivity index (χ0n) is 7.94. The third kappa shape index (κ3) is 2.07. The highest BCUT2D eigenvalue weighted by Crippen LogP contribution is 2.13. The van der Waals surface area contributed by atoms with Crippen LogP contribution in [0, 0.1) is 11.3 Å². The largest absolute Gasteiger partial charge is 0.324 e. The monoisotopic (exact) mass is 178 g/mol. The molecule has 70 valence electrons. The number of nitrogens with two attached hydrogens (primary N) is 1. The van der Waals surface area contributed by atoms with E-state index in [0.29, 0.717) is 0 Å². The summed E-state index contributed by atoms with van der Waals surface area (Å²) in [5, 5.41) is 12.9. The van der Waals surface area contributed by atoms with Crippen molar-refractivity contribution in [3.63, 3.8) is 0 Å². The van der Waals surface area contributed by atoms with Gasteiger partial charge in [0.15, 0.2) is 0 Å². The Bertz CT molecular complexity index is 308. The van der Waals surface area contributed by atoms with Gasteiger partial charge in [-0.05, 0) is 13.3 Å². The third-order valence-corrected chi connectivity index (χ3v) is 2.00. The molecule has 0 aliphatic heterocycles. The summed E-state index contributed by atoms with van der Waals surface area (Å²) in [6.45, 7) is 3.86. The average molecular weight is 178 g/mol. The molecule has 2 atom stereocenters. The highest BCUT2D eigenvalue weighted by Gasteiger charge is 2.09. The molecule has 4 heteroatoms. The first-order chi connectivity index (χ1) is 6.19. The molecule has 1 aromatic heterocycles. The van der Waals surface area contributed by atoms with E-state index >= 15 is 0 Å². The lowest BCUT2D eigenvalue weighted by Crippen LogP contribution is -2.07. The van der Waals surface area contributed by atoms with Crippen LogP contribution in [0.15, 0.2) is 12.4 Å². The number of rotatable bonds is 3. The van der Waals surface area contributed by atoms with Crippen molar-refractivity contribution < 1.29 is 0 Å². The average Bonchev–Trinajstić information content (AvgIpc) is 2.56. The Balaban J connectivity index is 2.85. The van der Waals surface area contributed by atoms with Crippen LogP contribution in [0.2, 0.25) is 0 Å². The predicted molar refractivity (Wildman–Crippen MR) is 49.8 cm³/mol. The first kappa shape index (κ1) is 9.75. The normalized spacial score (nSPS) is 14.9. The maximum atomic E-state index is 8.79. The van der Waals surface area contributed by atoms with E-state index in [9.17, 15) is 0 Å². The maximum absolute atomic E-state index is 8.79. The quantitative estimate of drug-likeness (QED) is 0.760. The summed E-state index contributed by atoms with van der Waals surface area (Å²) in [4.78, 5) is 0. The van der Waals surface area contributed by atoms with Gasteiger partial charge >= 0.3 is 0 Å². The van der Waals surface area contributed by atoms with Crippen molar-refractivity contribution >= 4 is 0 Å². The minimum Gasteiger partial charge on any atom is -0.324 e. The van der Waals surface area contributed by atoms with Gasteiger partial charge in [-0.15, -0.1) is 0 Å². The van der Waals surface area contributed by atoms with Gasteiger partial charge in [0.05, 0.1) is 12.3 Å². The van der Waals surface area contributed by atoms with Crippen molar-refractivity contribution in [3.8, 4) is 6.07 Å². The van der Waals surface area contributed by atoms with Gasteiger partial charge in [-0.3, -0.25) is 4.68 Å². The first-order valence-corrected chi connectivity index (χ1v) is 4.38. The molecule has 0 aliphatic rings. The molecule has 0 bridgehead atoms. The fourth-order valence-corrected chi connectivity index (χ4v) is 1.10. The van der Waals surface area contributed by atoms with Gasteiger partial charge in [0.2, 0.25) is 0 Å². The SMILES string of the molecule is CCC(C#N)n1cc(C(C)N)cn1. The van der Waals surface area contributed by atoms with Crippen LogP contribution in [0.25, 0.3) is 0 Å². The Hall–Kier alpha value is -1.34. The number of nitriles is 1. The van der Waals surface area contributed by atoms with Gasteiger partial charge < -0.3 is 5.73 Å². The highest BCUT2D eigenvalue weighted by molar-refractivity contribution is 5.09. The fraction of sp³-hybridized carbons (Fsp3) is 0.556. The van der Waals surface area contributed by atoms with Gasteiger partial charge in [-0.25, -0.2) is 0 Å². The second-order valence-electron chi connectivity index (χ2n) is 3.10. The molecule has 0 aromatic carbocycles. The van der Waals surface area contributed by atoms with Crippen LogP contribution in [-0.4, -0.2) is 9.78 Å². The molecule has 2 unspecified atom stereocenters. The molecule has 0 fully saturated rings.